The molecule has 0 saturated heterocycles. The van der Waals surface area contributed by atoms with Crippen LogP contribution < -0.4 is 15.4 Å². The van der Waals surface area contributed by atoms with Crippen LogP contribution in [0.3, 0.4) is 0 Å². The van der Waals surface area contributed by atoms with Crippen molar-refractivity contribution in [2.45, 2.75) is 33.4 Å². The normalized spacial score (nSPS) is 11.0. The molecule has 0 radical (unpaired) electrons. The van der Waals surface area contributed by atoms with Gasteiger partial charge in [-0.15, -0.1) is 34.2 Å². The molecule has 31 heavy (non-hydrogen) atoms. The van der Waals surface area contributed by atoms with Crippen molar-refractivity contribution < 1.29 is 9.13 Å². The lowest BCUT2D eigenvalue weighted by Crippen LogP contribution is -2.38. The van der Waals surface area contributed by atoms with E-state index in [-0.39, 0.29) is 29.8 Å². The number of aryl methyl sites for hydroxylation is 1. The standard InChI is InChI=1S/C21H26FN7O.HI/c1-3-19-28-27-15-29(19)11-10-24-21(23-4-2)26-14-16-8-9-20(25-13-16)30-18-7-5-6-17(22)12-18;/h5-9,12-13,15H,3-4,10-11,14H2,1-2H3,(H2,23,24,26);1H. The Kier molecular flexibility index (Phi) is 10.1. The fourth-order valence-electron chi connectivity index (χ4n) is 2.76. The van der Waals surface area contributed by atoms with Gasteiger partial charge < -0.3 is 19.9 Å². The lowest BCUT2D eigenvalue weighted by molar-refractivity contribution is 0.457. The molecule has 2 aromatic heterocycles. The summed E-state index contributed by atoms with van der Waals surface area (Å²) in [5.74, 6) is 2.15. The van der Waals surface area contributed by atoms with Crippen LogP contribution >= 0.6 is 24.0 Å². The molecular formula is C21H27FIN7O. The van der Waals surface area contributed by atoms with E-state index >= 15 is 0 Å². The maximum atomic E-state index is 13.2. The van der Waals surface area contributed by atoms with Gasteiger partial charge in [0.1, 0.15) is 23.7 Å². The number of aromatic nitrogens is 4. The quantitative estimate of drug-likeness (QED) is 0.246. The van der Waals surface area contributed by atoms with Gasteiger partial charge in [0, 0.05) is 44.4 Å². The van der Waals surface area contributed by atoms with Crippen molar-refractivity contribution in [3.05, 3.63) is 66.1 Å². The molecule has 0 unspecified atom stereocenters. The van der Waals surface area contributed by atoms with E-state index in [9.17, 15) is 4.39 Å². The number of benzene rings is 1. The zero-order chi connectivity index (χ0) is 21.2. The Labute approximate surface area is 198 Å². The summed E-state index contributed by atoms with van der Waals surface area (Å²) in [5.41, 5.74) is 0.936. The van der Waals surface area contributed by atoms with Crippen molar-refractivity contribution in [3.8, 4) is 11.6 Å². The van der Waals surface area contributed by atoms with E-state index in [4.69, 9.17) is 4.74 Å². The van der Waals surface area contributed by atoms with Gasteiger partial charge in [-0.3, -0.25) is 0 Å². The number of pyridine rings is 1. The molecular weight excluding hydrogens is 512 g/mol. The Hall–Kier alpha value is -2.76. The second-order valence-electron chi connectivity index (χ2n) is 6.48. The van der Waals surface area contributed by atoms with Crippen molar-refractivity contribution >= 4 is 29.9 Å². The first kappa shape index (κ1) is 24.5. The Morgan fingerprint density at radius 3 is 2.77 bits per heavy atom. The summed E-state index contributed by atoms with van der Waals surface area (Å²) in [5, 5.41) is 14.6. The molecule has 3 rings (SSSR count). The summed E-state index contributed by atoms with van der Waals surface area (Å²) in [6, 6.07) is 9.59. The van der Waals surface area contributed by atoms with Crippen LogP contribution in [0.5, 0.6) is 11.6 Å². The molecule has 0 saturated carbocycles. The predicted molar refractivity (Wildman–Crippen MR) is 128 cm³/mol. The van der Waals surface area contributed by atoms with Crippen LogP contribution in [-0.4, -0.2) is 38.8 Å². The number of ether oxygens (including phenoxy) is 1. The zero-order valence-electron chi connectivity index (χ0n) is 17.6. The third-order valence-corrected chi connectivity index (χ3v) is 4.24. The number of nitrogens with one attached hydrogen (secondary N) is 2. The molecule has 2 heterocycles. The van der Waals surface area contributed by atoms with E-state index in [0.717, 1.165) is 36.9 Å². The van der Waals surface area contributed by atoms with E-state index in [1.807, 2.05) is 17.6 Å². The van der Waals surface area contributed by atoms with Crippen molar-refractivity contribution in [3.63, 3.8) is 0 Å². The topological polar surface area (TPSA) is 89.3 Å². The van der Waals surface area contributed by atoms with Crippen molar-refractivity contribution in [2.75, 3.05) is 13.1 Å². The minimum Gasteiger partial charge on any atom is -0.439 e. The van der Waals surface area contributed by atoms with Gasteiger partial charge in [0.15, 0.2) is 5.96 Å². The highest BCUT2D eigenvalue weighted by atomic mass is 127. The van der Waals surface area contributed by atoms with Crippen LogP contribution in [0.25, 0.3) is 0 Å². The van der Waals surface area contributed by atoms with E-state index in [1.54, 1.807) is 30.7 Å². The highest BCUT2D eigenvalue weighted by Crippen LogP contribution is 2.20. The Morgan fingerprint density at radius 1 is 1.19 bits per heavy atom. The number of halogens is 2. The summed E-state index contributed by atoms with van der Waals surface area (Å²) in [7, 11) is 0. The highest BCUT2D eigenvalue weighted by molar-refractivity contribution is 14.0. The maximum Gasteiger partial charge on any atom is 0.219 e. The van der Waals surface area contributed by atoms with Gasteiger partial charge >= 0.3 is 0 Å². The fourth-order valence-corrected chi connectivity index (χ4v) is 2.76. The molecule has 0 bridgehead atoms. The molecule has 0 aliphatic rings. The third-order valence-electron chi connectivity index (χ3n) is 4.24. The number of rotatable bonds is 9. The average Bonchev–Trinajstić information content (AvgIpc) is 3.20. The molecule has 0 spiro atoms. The summed E-state index contributed by atoms with van der Waals surface area (Å²) in [6.07, 6.45) is 4.29. The molecule has 0 fully saturated rings. The number of guanidine groups is 1. The van der Waals surface area contributed by atoms with Crippen LogP contribution in [0, 0.1) is 5.82 Å². The molecule has 3 aromatic rings. The Bertz CT molecular complexity index is 962. The van der Waals surface area contributed by atoms with E-state index in [0.29, 0.717) is 24.7 Å². The van der Waals surface area contributed by atoms with Gasteiger partial charge in [-0.2, -0.15) is 0 Å². The monoisotopic (exact) mass is 539 g/mol. The van der Waals surface area contributed by atoms with Gasteiger partial charge in [-0.25, -0.2) is 14.4 Å². The molecule has 166 valence electrons. The average molecular weight is 539 g/mol. The van der Waals surface area contributed by atoms with Crippen LogP contribution in [-0.2, 0) is 19.5 Å². The van der Waals surface area contributed by atoms with E-state index < -0.39 is 0 Å². The first-order valence-electron chi connectivity index (χ1n) is 9.95. The van der Waals surface area contributed by atoms with Crippen LogP contribution in [0.15, 0.2) is 53.9 Å². The maximum absolute atomic E-state index is 13.2. The smallest absolute Gasteiger partial charge is 0.219 e. The predicted octanol–water partition coefficient (Wildman–Crippen LogP) is 3.54. The molecule has 1 aromatic carbocycles. The summed E-state index contributed by atoms with van der Waals surface area (Å²) in [6.45, 7) is 6.77. The molecule has 0 aliphatic heterocycles. The van der Waals surface area contributed by atoms with Gasteiger partial charge in [0.25, 0.3) is 0 Å². The van der Waals surface area contributed by atoms with Gasteiger partial charge in [0.2, 0.25) is 5.88 Å². The van der Waals surface area contributed by atoms with E-state index in [1.165, 1.54) is 12.1 Å². The Balaban J connectivity index is 0.00000341. The second-order valence-corrected chi connectivity index (χ2v) is 6.48. The number of aliphatic imine (C=N–C) groups is 1. The van der Waals surface area contributed by atoms with Crippen LogP contribution in [0.4, 0.5) is 4.39 Å². The van der Waals surface area contributed by atoms with E-state index in [2.05, 4.69) is 37.7 Å². The first-order valence-corrected chi connectivity index (χ1v) is 9.95. The number of hydrogen-bond acceptors (Lipinski definition) is 5. The summed E-state index contributed by atoms with van der Waals surface area (Å²) >= 11 is 0. The SMILES string of the molecule is CCNC(=NCc1ccc(Oc2cccc(F)c2)nc1)NCCn1cnnc1CC.I. The molecule has 2 N–H and O–H groups in total. The molecule has 0 aliphatic carbocycles. The van der Waals surface area contributed by atoms with Crippen LogP contribution in [0.1, 0.15) is 25.2 Å². The minimum absolute atomic E-state index is 0. The van der Waals surface area contributed by atoms with Crippen molar-refractivity contribution in [1.29, 1.82) is 0 Å². The van der Waals surface area contributed by atoms with Gasteiger partial charge in [0.05, 0.1) is 6.54 Å². The van der Waals surface area contributed by atoms with Crippen molar-refractivity contribution in [1.82, 2.24) is 30.4 Å². The second kappa shape index (κ2) is 12.8. The third kappa shape index (κ3) is 7.78. The summed E-state index contributed by atoms with van der Waals surface area (Å²) < 4.78 is 20.8. The lowest BCUT2D eigenvalue weighted by atomic mass is 10.3. The summed E-state index contributed by atoms with van der Waals surface area (Å²) in [4.78, 5) is 8.86. The molecule has 0 atom stereocenters. The number of nitrogens with zero attached hydrogens (tertiary/aromatic N) is 5. The van der Waals surface area contributed by atoms with Gasteiger partial charge in [-0.1, -0.05) is 19.1 Å². The van der Waals surface area contributed by atoms with Crippen LogP contribution in [0.2, 0.25) is 0 Å². The first-order chi connectivity index (χ1) is 14.7. The van der Waals surface area contributed by atoms with Gasteiger partial charge in [-0.05, 0) is 24.6 Å². The highest BCUT2D eigenvalue weighted by Gasteiger charge is 2.04. The zero-order valence-corrected chi connectivity index (χ0v) is 19.9. The minimum atomic E-state index is -0.350. The molecule has 10 heteroatoms. The Morgan fingerprint density at radius 2 is 2.06 bits per heavy atom. The number of hydrogen-bond donors (Lipinski definition) is 2. The lowest BCUT2D eigenvalue weighted by Gasteiger charge is -2.12. The fraction of sp³-hybridized carbons (Fsp3) is 0.333. The van der Waals surface area contributed by atoms with Crippen molar-refractivity contribution in [2.24, 2.45) is 4.99 Å². The largest absolute Gasteiger partial charge is 0.439 e. The molecule has 8 nitrogen and oxygen atoms in total. The molecule has 0 amide bonds.